The third-order valence-corrected chi connectivity index (χ3v) is 3.17. The zero-order valence-corrected chi connectivity index (χ0v) is 12.0. The van der Waals surface area contributed by atoms with E-state index in [1.807, 2.05) is 0 Å². The predicted molar refractivity (Wildman–Crippen MR) is 74.5 cm³/mol. The minimum absolute atomic E-state index is 0.0710. The third-order valence-electron chi connectivity index (χ3n) is 3.17. The number of carbonyl (C=O) groups is 2. The van der Waals surface area contributed by atoms with Crippen LogP contribution in [0.15, 0.2) is 18.2 Å². The first-order valence-corrected chi connectivity index (χ1v) is 6.47. The lowest BCUT2D eigenvalue weighted by Gasteiger charge is -2.10. The van der Waals surface area contributed by atoms with Crippen molar-refractivity contribution in [1.82, 2.24) is 0 Å². The van der Waals surface area contributed by atoms with Crippen molar-refractivity contribution in [2.45, 2.75) is 26.2 Å². The average Bonchev–Trinajstić information content (AvgIpc) is 2.45. The molecular weight excluding hydrogens is 260 g/mol. The number of hydrogen-bond donors (Lipinski definition) is 1. The number of aliphatic carboxylic acids is 1. The van der Waals surface area contributed by atoms with Crippen LogP contribution in [0.3, 0.4) is 0 Å². The summed E-state index contributed by atoms with van der Waals surface area (Å²) in [6.07, 6.45) is 1.31. The van der Waals surface area contributed by atoms with Crippen LogP contribution in [-0.4, -0.2) is 31.1 Å². The molecule has 20 heavy (non-hydrogen) atoms. The number of rotatable bonds is 8. The van der Waals surface area contributed by atoms with Gasteiger partial charge in [0.05, 0.1) is 25.7 Å². The topological polar surface area (TPSA) is 72.8 Å². The van der Waals surface area contributed by atoms with Crippen LogP contribution >= 0.6 is 0 Å². The van der Waals surface area contributed by atoms with E-state index in [-0.39, 0.29) is 5.78 Å². The van der Waals surface area contributed by atoms with Crippen LogP contribution in [0.5, 0.6) is 11.5 Å². The second kappa shape index (κ2) is 7.53. The summed E-state index contributed by atoms with van der Waals surface area (Å²) < 4.78 is 10.3. The molecule has 0 spiro atoms. The van der Waals surface area contributed by atoms with Crippen LogP contribution in [0.1, 0.15) is 36.5 Å². The predicted octanol–water partition coefficient (Wildman–Crippen LogP) is 2.78. The summed E-state index contributed by atoms with van der Waals surface area (Å²) >= 11 is 0. The molecule has 0 fully saturated rings. The fourth-order valence-electron chi connectivity index (χ4n) is 1.86. The second-order valence-electron chi connectivity index (χ2n) is 4.62. The Labute approximate surface area is 118 Å². The molecule has 5 nitrogen and oxygen atoms in total. The van der Waals surface area contributed by atoms with Crippen molar-refractivity contribution in [2.24, 2.45) is 5.92 Å². The lowest BCUT2D eigenvalue weighted by atomic mass is 9.99. The Hall–Kier alpha value is -2.04. The van der Waals surface area contributed by atoms with E-state index in [9.17, 15) is 9.59 Å². The zero-order valence-electron chi connectivity index (χ0n) is 12.0. The molecule has 0 amide bonds. The molecule has 0 aliphatic heterocycles. The molecule has 1 aromatic carbocycles. The van der Waals surface area contributed by atoms with Crippen LogP contribution in [-0.2, 0) is 4.79 Å². The van der Waals surface area contributed by atoms with Crippen molar-refractivity contribution in [3.8, 4) is 11.5 Å². The Morgan fingerprint density at radius 1 is 1.25 bits per heavy atom. The molecule has 0 saturated heterocycles. The highest BCUT2D eigenvalue weighted by Gasteiger charge is 2.15. The standard InChI is InChI=1S/C15H20O5/c1-10(15(17)18)5-4-6-13(16)12-9-11(19-2)7-8-14(12)20-3/h7-10H,4-6H2,1-3H3,(H,17,18). The van der Waals surface area contributed by atoms with Crippen LogP contribution in [0.25, 0.3) is 0 Å². The summed E-state index contributed by atoms with van der Waals surface area (Å²) in [6.45, 7) is 1.64. The molecule has 0 aliphatic rings. The summed E-state index contributed by atoms with van der Waals surface area (Å²) in [5, 5.41) is 8.79. The van der Waals surface area contributed by atoms with Crippen LogP contribution in [0.4, 0.5) is 0 Å². The number of methoxy groups -OCH3 is 2. The summed E-state index contributed by atoms with van der Waals surface area (Å²) in [6, 6.07) is 5.05. The summed E-state index contributed by atoms with van der Waals surface area (Å²) in [7, 11) is 3.04. The van der Waals surface area contributed by atoms with Crippen molar-refractivity contribution in [3.05, 3.63) is 23.8 Å². The maximum absolute atomic E-state index is 12.2. The van der Waals surface area contributed by atoms with Gasteiger partial charge in [-0.1, -0.05) is 6.92 Å². The van der Waals surface area contributed by atoms with E-state index >= 15 is 0 Å². The van der Waals surface area contributed by atoms with Crippen LogP contribution in [0.2, 0.25) is 0 Å². The molecule has 1 N–H and O–H groups in total. The molecule has 0 bridgehead atoms. The normalized spacial score (nSPS) is 11.8. The first-order chi connectivity index (χ1) is 9.49. The lowest BCUT2D eigenvalue weighted by Crippen LogP contribution is -2.10. The van der Waals surface area contributed by atoms with Gasteiger partial charge in [-0.05, 0) is 31.0 Å². The molecular formula is C15H20O5. The monoisotopic (exact) mass is 280 g/mol. The zero-order chi connectivity index (χ0) is 15.1. The van der Waals surface area contributed by atoms with Gasteiger partial charge >= 0.3 is 5.97 Å². The largest absolute Gasteiger partial charge is 0.497 e. The van der Waals surface area contributed by atoms with Gasteiger partial charge in [0.15, 0.2) is 5.78 Å². The molecule has 0 aliphatic carbocycles. The van der Waals surface area contributed by atoms with Crippen molar-refractivity contribution in [2.75, 3.05) is 14.2 Å². The Kier molecular flexibility index (Phi) is 6.03. The average molecular weight is 280 g/mol. The Balaban J connectivity index is 2.69. The van der Waals surface area contributed by atoms with Gasteiger partial charge in [0.2, 0.25) is 0 Å². The number of carboxylic acids is 1. The molecule has 1 atom stereocenters. The van der Waals surface area contributed by atoms with E-state index in [1.54, 1.807) is 25.1 Å². The van der Waals surface area contributed by atoms with Gasteiger partial charge in [-0.25, -0.2) is 0 Å². The summed E-state index contributed by atoms with van der Waals surface area (Å²) in [4.78, 5) is 22.9. The van der Waals surface area contributed by atoms with Gasteiger partial charge in [-0.15, -0.1) is 0 Å². The number of ketones is 1. The SMILES string of the molecule is COc1ccc(OC)c(C(=O)CCCC(C)C(=O)O)c1. The number of carbonyl (C=O) groups excluding carboxylic acids is 1. The molecule has 1 unspecified atom stereocenters. The highest BCUT2D eigenvalue weighted by molar-refractivity contribution is 5.99. The van der Waals surface area contributed by atoms with E-state index in [1.165, 1.54) is 14.2 Å². The fourth-order valence-corrected chi connectivity index (χ4v) is 1.86. The smallest absolute Gasteiger partial charge is 0.306 e. The van der Waals surface area contributed by atoms with Gasteiger partial charge < -0.3 is 14.6 Å². The molecule has 0 heterocycles. The van der Waals surface area contributed by atoms with E-state index in [0.29, 0.717) is 36.3 Å². The summed E-state index contributed by atoms with van der Waals surface area (Å²) in [5.41, 5.74) is 0.467. The fraction of sp³-hybridized carbons (Fsp3) is 0.467. The molecule has 0 saturated carbocycles. The second-order valence-corrected chi connectivity index (χ2v) is 4.62. The number of carboxylic acid groups (broad SMARTS) is 1. The van der Waals surface area contributed by atoms with Crippen molar-refractivity contribution < 1.29 is 24.2 Å². The van der Waals surface area contributed by atoms with Crippen molar-refractivity contribution in [1.29, 1.82) is 0 Å². The summed E-state index contributed by atoms with van der Waals surface area (Å²) in [5.74, 6) is -0.250. The first kappa shape index (κ1) is 16.0. The van der Waals surface area contributed by atoms with Gasteiger partial charge in [-0.2, -0.15) is 0 Å². The van der Waals surface area contributed by atoms with Crippen molar-refractivity contribution >= 4 is 11.8 Å². The molecule has 1 rings (SSSR count). The number of benzene rings is 1. The van der Waals surface area contributed by atoms with Crippen LogP contribution < -0.4 is 9.47 Å². The molecule has 0 radical (unpaired) electrons. The van der Waals surface area contributed by atoms with E-state index < -0.39 is 11.9 Å². The minimum Gasteiger partial charge on any atom is -0.497 e. The molecule has 0 aromatic heterocycles. The Bertz CT molecular complexity index is 481. The lowest BCUT2D eigenvalue weighted by molar-refractivity contribution is -0.141. The quantitative estimate of drug-likeness (QED) is 0.741. The van der Waals surface area contributed by atoms with Crippen LogP contribution in [0, 0.1) is 5.92 Å². The van der Waals surface area contributed by atoms with Gasteiger partial charge in [0.1, 0.15) is 11.5 Å². The number of hydrogen-bond acceptors (Lipinski definition) is 4. The van der Waals surface area contributed by atoms with Gasteiger partial charge in [0.25, 0.3) is 0 Å². The first-order valence-electron chi connectivity index (χ1n) is 6.47. The Morgan fingerprint density at radius 3 is 2.50 bits per heavy atom. The number of ether oxygens (including phenoxy) is 2. The van der Waals surface area contributed by atoms with Gasteiger partial charge in [0, 0.05) is 6.42 Å². The van der Waals surface area contributed by atoms with Crippen molar-refractivity contribution in [3.63, 3.8) is 0 Å². The maximum Gasteiger partial charge on any atom is 0.306 e. The van der Waals surface area contributed by atoms with E-state index in [2.05, 4.69) is 0 Å². The molecule has 110 valence electrons. The third kappa shape index (κ3) is 4.26. The highest BCUT2D eigenvalue weighted by atomic mass is 16.5. The van der Waals surface area contributed by atoms with E-state index in [4.69, 9.17) is 14.6 Å². The number of Topliss-reactive ketones (excluding diaryl/α,β-unsaturated/α-hetero) is 1. The molecule has 1 aromatic rings. The highest BCUT2D eigenvalue weighted by Crippen LogP contribution is 2.26. The molecule has 5 heteroatoms. The van der Waals surface area contributed by atoms with E-state index in [0.717, 1.165) is 0 Å². The minimum atomic E-state index is -0.837. The Morgan fingerprint density at radius 2 is 1.95 bits per heavy atom. The maximum atomic E-state index is 12.2. The van der Waals surface area contributed by atoms with Gasteiger partial charge in [-0.3, -0.25) is 9.59 Å².